The van der Waals surface area contributed by atoms with Gasteiger partial charge in [0.2, 0.25) is 5.91 Å². The van der Waals surface area contributed by atoms with Crippen LogP contribution in [-0.2, 0) is 15.1 Å². The zero-order chi connectivity index (χ0) is 20.4. The largest absolute Gasteiger partial charge is 0.466 e. The normalized spacial score (nSPS) is 18.6. The standard InChI is InChI=1S/C22H19N3O4/c1-22(18-12-7-13-29-18)20(27)25(21(28)24-22)14-19(26)23-17-11-6-5-10-16(17)15-8-3-2-4-9-15/h2-13H,14H2,1H3,(H,23,26)(H,24,28). The maximum Gasteiger partial charge on any atom is 0.325 e. The van der Waals surface area contributed by atoms with Crippen LogP contribution < -0.4 is 10.6 Å². The van der Waals surface area contributed by atoms with Crippen LogP contribution in [-0.4, -0.2) is 29.3 Å². The third kappa shape index (κ3) is 3.38. The minimum absolute atomic E-state index is 0.313. The summed E-state index contributed by atoms with van der Waals surface area (Å²) < 4.78 is 5.29. The number of nitrogens with one attached hydrogen (secondary N) is 2. The van der Waals surface area contributed by atoms with Crippen LogP contribution in [0, 0.1) is 0 Å². The number of hydrogen-bond acceptors (Lipinski definition) is 4. The predicted octanol–water partition coefficient (Wildman–Crippen LogP) is 3.35. The Morgan fingerprint density at radius 1 is 1.03 bits per heavy atom. The minimum atomic E-state index is -1.33. The van der Waals surface area contributed by atoms with Crippen LogP contribution in [0.2, 0.25) is 0 Å². The molecule has 29 heavy (non-hydrogen) atoms. The number of carbonyl (C=O) groups is 3. The molecule has 7 heteroatoms. The summed E-state index contributed by atoms with van der Waals surface area (Å²) in [7, 11) is 0. The first-order valence-electron chi connectivity index (χ1n) is 9.11. The van der Waals surface area contributed by atoms with E-state index in [-0.39, 0.29) is 0 Å². The van der Waals surface area contributed by atoms with Crippen LogP contribution in [0.1, 0.15) is 12.7 Å². The van der Waals surface area contributed by atoms with Gasteiger partial charge in [0.1, 0.15) is 12.3 Å². The second kappa shape index (κ2) is 7.27. The van der Waals surface area contributed by atoms with Gasteiger partial charge >= 0.3 is 6.03 Å². The third-order valence-electron chi connectivity index (χ3n) is 4.88. The Hall–Kier alpha value is -3.87. The molecule has 1 unspecified atom stereocenters. The Morgan fingerprint density at radius 3 is 2.48 bits per heavy atom. The number of furan rings is 1. The highest BCUT2D eigenvalue weighted by Crippen LogP contribution is 2.30. The molecule has 1 aromatic heterocycles. The van der Waals surface area contributed by atoms with E-state index in [9.17, 15) is 14.4 Å². The lowest BCUT2D eigenvalue weighted by Crippen LogP contribution is -2.41. The molecular weight excluding hydrogens is 370 g/mol. The van der Waals surface area contributed by atoms with Crippen molar-refractivity contribution in [1.82, 2.24) is 10.2 Å². The fraction of sp³-hybridized carbons (Fsp3) is 0.136. The van der Waals surface area contributed by atoms with Crippen molar-refractivity contribution in [3.05, 3.63) is 78.8 Å². The second-order valence-corrected chi connectivity index (χ2v) is 6.88. The lowest BCUT2D eigenvalue weighted by atomic mass is 9.99. The molecule has 2 N–H and O–H groups in total. The fourth-order valence-electron chi connectivity index (χ4n) is 3.37. The van der Waals surface area contributed by atoms with Gasteiger partial charge in [0.15, 0.2) is 5.54 Å². The number of carbonyl (C=O) groups excluding carboxylic acids is 3. The average molecular weight is 389 g/mol. The van der Waals surface area contributed by atoms with Gasteiger partial charge in [0, 0.05) is 11.3 Å². The molecule has 4 rings (SSSR count). The Balaban J connectivity index is 1.52. The van der Waals surface area contributed by atoms with Crippen molar-refractivity contribution in [2.75, 3.05) is 11.9 Å². The molecule has 2 aromatic carbocycles. The number of urea groups is 1. The van der Waals surface area contributed by atoms with Crippen molar-refractivity contribution in [2.24, 2.45) is 0 Å². The number of hydrogen-bond donors (Lipinski definition) is 2. The minimum Gasteiger partial charge on any atom is -0.466 e. The second-order valence-electron chi connectivity index (χ2n) is 6.88. The van der Waals surface area contributed by atoms with Gasteiger partial charge in [-0.1, -0.05) is 48.5 Å². The van der Waals surface area contributed by atoms with E-state index in [4.69, 9.17) is 4.42 Å². The third-order valence-corrected chi connectivity index (χ3v) is 4.88. The van der Waals surface area contributed by atoms with Crippen LogP contribution in [0.4, 0.5) is 10.5 Å². The first kappa shape index (κ1) is 18.5. The van der Waals surface area contributed by atoms with Crippen molar-refractivity contribution >= 4 is 23.5 Å². The average Bonchev–Trinajstić information content (AvgIpc) is 3.34. The van der Waals surface area contributed by atoms with Crippen LogP contribution in [0.15, 0.2) is 77.4 Å². The summed E-state index contributed by atoms with van der Waals surface area (Å²) in [6, 6.07) is 19.6. The molecule has 0 aliphatic carbocycles. The van der Waals surface area contributed by atoms with E-state index in [1.54, 1.807) is 25.1 Å². The Morgan fingerprint density at radius 2 is 1.76 bits per heavy atom. The number of para-hydroxylation sites is 1. The van der Waals surface area contributed by atoms with E-state index < -0.39 is 29.9 Å². The van der Waals surface area contributed by atoms with Crippen LogP contribution in [0.3, 0.4) is 0 Å². The van der Waals surface area contributed by atoms with Gasteiger partial charge < -0.3 is 15.1 Å². The van der Waals surface area contributed by atoms with Crippen molar-refractivity contribution < 1.29 is 18.8 Å². The molecule has 0 bridgehead atoms. The van der Waals surface area contributed by atoms with Crippen LogP contribution >= 0.6 is 0 Å². The fourth-order valence-corrected chi connectivity index (χ4v) is 3.37. The van der Waals surface area contributed by atoms with Gasteiger partial charge in [-0.2, -0.15) is 0 Å². The van der Waals surface area contributed by atoms with Gasteiger partial charge in [0.25, 0.3) is 5.91 Å². The monoisotopic (exact) mass is 389 g/mol. The van der Waals surface area contributed by atoms with E-state index in [1.807, 2.05) is 48.5 Å². The highest BCUT2D eigenvalue weighted by molar-refractivity contribution is 6.10. The first-order chi connectivity index (χ1) is 14.0. The molecule has 0 spiro atoms. The zero-order valence-electron chi connectivity index (χ0n) is 15.7. The van der Waals surface area contributed by atoms with E-state index in [1.165, 1.54) is 6.26 Å². The molecule has 1 aliphatic heterocycles. The maximum atomic E-state index is 12.8. The summed E-state index contributed by atoms with van der Waals surface area (Å²) in [5, 5.41) is 5.41. The van der Waals surface area contributed by atoms with Gasteiger partial charge in [0.05, 0.1) is 6.26 Å². The maximum absolute atomic E-state index is 12.8. The molecule has 7 nitrogen and oxygen atoms in total. The number of anilines is 1. The van der Waals surface area contributed by atoms with Crippen molar-refractivity contribution in [3.63, 3.8) is 0 Å². The molecular formula is C22H19N3O4. The van der Waals surface area contributed by atoms with E-state index in [0.717, 1.165) is 16.0 Å². The molecule has 0 radical (unpaired) electrons. The summed E-state index contributed by atoms with van der Waals surface area (Å²) in [5.41, 5.74) is 1.07. The molecule has 4 amide bonds. The summed E-state index contributed by atoms with van der Waals surface area (Å²) in [5.74, 6) is -0.697. The molecule has 1 aliphatic rings. The number of benzene rings is 2. The van der Waals surface area contributed by atoms with Gasteiger partial charge in [-0.3, -0.25) is 14.5 Å². The number of nitrogens with zero attached hydrogens (tertiary/aromatic N) is 1. The summed E-state index contributed by atoms with van der Waals surface area (Å²) in [4.78, 5) is 38.7. The molecule has 146 valence electrons. The van der Waals surface area contributed by atoms with E-state index in [0.29, 0.717) is 11.4 Å². The van der Waals surface area contributed by atoms with Crippen molar-refractivity contribution in [2.45, 2.75) is 12.5 Å². The number of amides is 4. The van der Waals surface area contributed by atoms with Crippen molar-refractivity contribution in [1.29, 1.82) is 0 Å². The van der Waals surface area contributed by atoms with E-state index in [2.05, 4.69) is 10.6 Å². The number of rotatable bonds is 5. The van der Waals surface area contributed by atoms with Gasteiger partial charge in [-0.05, 0) is 30.7 Å². The molecule has 3 aromatic rings. The molecule has 2 heterocycles. The number of imide groups is 1. The van der Waals surface area contributed by atoms with Crippen LogP contribution in [0.5, 0.6) is 0 Å². The van der Waals surface area contributed by atoms with Crippen LogP contribution in [0.25, 0.3) is 11.1 Å². The van der Waals surface area contributed by atoms with Crippen molar-refractivity contribution in [3.8, 4) is 11.1 Å². The van der Waals surface area contributed by atoms with Gasteiger partial charge in [-0.15, -0.1) is 0 Å². The molecule has 1 atom stereocenters. The Labute approximate surface area is 167 Å². The quantitative estimate of drug-likeness (QED) is 0.655. The lowest BCUT2D eigenvalue weighted by molar-refractivity contribution is -0.134. The molecule has 0 saturated carbocycles. The summed E-state index contributed by atoms with van der Waals surface area (Å²) >= 11 is 0. The highest BCUT2D eigenvalue weighted by Gasteiger charge is 2.51. The Bertz CT molecular complexity index is 1060. The predicted molar refractivity (Wildman–Crippen MR) is 107 cm³/mol. The van der Waals surface area contributed by atoms with Gasteiger partial charge in [-0.25, -0.2) is 4.79 Å². The first-order valence-corrected chi connectivity index (χ1v) is 9.11. The molecule has 1 fully saturated rings. The highest BCUT2D eigenvalue weighted by atomic mass is 16.3. The lowest BCUT2D eigenvalue weighted by Gasteiger charge is -2.19. The van der Waals surface area contributed by atoms with E-state index >= 15 is 0 Å². The molecule has 1 saturated heterocycles. The SMILES string of the molecule is CC1(c2ccco2)NC(=O)N(CC(=O)Nc2ccccc2-c2ccccc2)C1=O. The topological polar surface area (TPSA) is 91.7 Å². The Kier molecular flexibility index (Phi) is 4.64. The summed E-state index contributed by atoms with van der Waals surface area (Å²) in [6.07, 6.45) is 1.43. The zero-order valence-corrected chi connectivity index (χ0v) is 15.7. The smallest absolute Gasteiger partial charge is 0.325 e. The summed E-state index contributed by atoms with van der Waals surface area (Å²) in [6.45, 7) is 1.15.